The number of hydrogen-bond donors (Lipinski definition) is 2. The van der Waals surface area contributed by atoms with Gasteiger partial charge < -0.3 is 5.32 Å². The van der Waals surface area contributed by atoms with E-state index >= 15 is 0 Å². The molecular formula is C11H20N2O3S. The quantitative estimate of drug-likeness (QED) is 0.757. The first kappa shape index (κ1) is 12.8. The van der Waals surface area contributed by atoms with E-state index in [2.05, 4.69) is 5.32 Å². The smallest absolute Gasteiger partial charge is 0.226 e. The highest BCUT2D eigenvalue weighted by Gasteiger charge is 2.52. The Morgan fingerprint density at radius 1 is 1.47 bits per heavy atom. The Kier molecular flexibility index (Phi) is 3.20. The third kappa shape index (κ3) is 2.63. The van der Waals surface area contributed by atoms with Gasteiger partial charge in [0.25, 0.3) is 0 Å². The summed E-state index contributed by atoms with van der Waals surface area (Å²) in [5.41, 5.74) is -0.290. The zero-order valence-electron chi connectivity index (χ0n) is 10.1. The predicted octanol–water partition coefficient (Wildman–Crippen LogP) is 0.217. The van der Waals surface area contributed by atoms with Gasteiger partial charge in [0, 0.05) is 12.0 Å². The van der Waals surface area contributed by atoms with Crippen molar-refractivity contribution >= 4 is 15.9 Å². The van der Waals surface area contributed by atoms with E-state index in [-0.39, 0.29) is 23.6 Å². The first-order valence-corrected chi connectivity index (χ1v) is 7.81. The largest absolute Gasteiger partial charge is 0.355 e. The molecule has 2 aliphatic carbocycles. The molecule has 98 valence electrons. The predicted molar refractivity (Wildman–Crippen MR) is 64.5 cm³/mol. The Hall–Kier alpha value is -0.620. The second kappa shape index (κ2) is 4.24. The average Bonchev–Trinajstić information content (AvgIpc) is 2.75. The molecule has 3 N–H and O–H groups in total. The summed E-state index contributed by atoms with van der Waals surface area (Å²) < 4.78 is 21.5. The average molecular weight is 260 g/mol. The van der Waals surface area contributed by atoms with Crippen molar-refractivity contribution in [3.63, 3.8) is 0 Å². The number of amides is 1. The Morgan fingerprint density at radius 3 is 2.65 bits per heavy atom. The summed E-state index contributed by atoms with van der Waals surface area (Å²) >= 11 is 0. The summed E-state index contributed by atoms with van der Waals surface area (Å²) in [4.78, 5) is 12.1. The minimum Gasteiger partial charge on any atom is -0.355 e. The monoisotopic (exact) mass is 260 g/mol. The van der Waals surface area contributed by atoms with Crippen molar-refractivity contribution in [2.75, 3.05) is 12.3 Å². The molecular weight excluding hydrogens is 240 g/mol. The summed E-state index contributed by atoms with van der Waals surface area (Å²) in [5, 5.41) is 7.60. The van der Waals surface area contributed by atoms with Crippen LogP contribution < -0.4 is 10.5 Å². The maximum atomic E-state index is 12.1. The highest BCUT2D eigenvalue weighted by atomic mass is 32.2. The van der Waals surface area contributed by atoms with Gasteiger partial charge in [-0.25, -0.2) is 13.6 Å². The van der Waals surface area contributed by atoms with Crippen LogP contribution in [-0.2, 0) is 14.8 Å². The van der Waals surface area contributed by atoms with Gasteiger partial charge in [-0.1, -0.05) is 13.3 Å². The molecule has 2 aliphatic rings. The van der Waals surface area contributed by atoms with E-state index in [9.17, 15) is 13.2 Å². The summed E-state index contributed by atoms with van der Waals surface area (Å²) in [5.74, 6) is 0.965. The molecule has 6 heteroatoms. The molecule has 17 heavy (non-hydrogen) atoms. The number of nitrogens with one attached hydrogen (secondary N) is 1. The van der Waals surface area contributed by atoms with Crippen molar-refractivity contribution in [2.45, 2.75) is 32.6 Å². The van der Waals surface area contributed by atoms with Crippen molar-refractivity contribution in [1.82, 2.24) is 5.32 Å². The number of hydrogen-bond acceptors (Lipinski definition) is 3. The number of sulfonamides is 1. The summed E-state index contributed by atoms with van der Waals surface area (Å²) in [6.07, 6.45) is 4.46. The van der Waals surface area contributed by atoms with Crippen LogP contribution in [0.4, 0.5) is 0 Å². The van der Waals surface area contributed by atoms with E-state index in [4.69, 9.17) is 5.14 Å². The third-order valence-electron chi connectivity index (χ3n) is 4.35. The molecule has 0 aromatic heterocycles. The summed E-state index contributed by atoms with van der Waals surface area (Å²) in [7, 11) is -3.49. The molecule has 0 heterocycles. The standard InChI is InChI=1S/C11H20N2O3S/c1-11(7-8-2-3-9(11)6-8)10(14)13-4-5-17(12,15)16/h8-9H,2-7H2,1H3,(H,13,14)(H2,12,15,16). The van der Waals surface area contributed by atoms with Crippen LogP contribution in [0, 0.1) is 17.3 Å². The number of fused-ring (bicyclic) bond motifs is 2. The molecule has 2 saturated carbocycles. The number of nitrogens with two attached hydrogens (primary N) is 1. The van der Waals surface area contributed by atoms with Crippen molar-refractivity contribution in [3.05, 3.63) is 0 Å². The Labute approximate surface area is 102 Å². The lowest BCUT2D eigenvalue weighted by Crippen LogP contribution is -2.44. The molecule has 0 aliphatic heterocycles. The lowest BCUT2D eigenvalue weighted by molar-refractivity contribution is -0.132. The van der Waals surface area contributed by atoms with Crippen LogP contribution in [0.15, 0.2) is 0 Å². The molecule has 0 aromatic rings. The van der Waals surface area contributed by atoms with Crippen molar-refractivity contribution in [2.24, 2.45) is 22.4 Å². The van der Waals surface area contributed by atoms with E-state index in [1.165, 1.54) is 6.42 Å². The van der Waals surface area contributed by atoms with Crippen molar-refractivity contribution < 1.29 is 13.2 Å². The lowest BCUT2D eigenvalue weighted by atomic mass is 9.74. The molecule has 2 fully saturated rings. The summed E-state index contributed by atoms with van der Waals surface area (Å²) in [6.45, 7) is 2.12. The van der Waals surface area contributed by atoms with Gasteiger partial charge in [-0.2, -0.15) is 0 Å². The van der Waals surface area contributed by atoms with Gasteiger partial charge in [-0.15, -0.1) is 0 Å². The van der Waals surface area contributed by atoms with Gasteiger partial charge in [0.15, 0.2) is 0 Å². The van der Waals surface area contributed by atoms with Crippen LogP contribution in [0.25, 0.3) is 0 Å². The highest BCUT2D eigenvalue weighted by molar-refractivity contribution is 7.89. The zero-order valence-corrected chi connectivity index (χ0v) is 10.9. The fourth-order valence-corrected chi connectivity index (χ4v) is 3.78. The van der Waals surface area contributed by atoms with E-state index in [1.807, 2.05) is 6.92 Å². The fraction of sp³-hybridized carbons (Fsp3) is 0.909. The number of carbonyl (C=O) groups excluding carboxylic acids is 1. The van der Waals surface area contributed by atoms with Crippen LogP contribution in [0.1, 0.15) is 32.6 Å². The normalized spacial score (nSPS) is 36.1. The highest BCUT2D eigenvalue weighted by Crippen LogP contribution is 2.55. The zero-order chi connectivity index (χ0) is 12.7. The Balaban J connectivity index is 1.88. The lowest BCUT2D eigenvalue weighted by Gasteiger charge is -2.32. The molecule has 0 saturated heterocycles. The van der Waals surface area contributed by atoms with Gasteiger partial charge in [0.05, 0.1) is 5.75 Å². The fourth-order valence-electron chi connectivity index (χ4n) is 3.39. The van der Waals surface area contributed by atoms with E-state index in [0.29, 0.717) is 11.8 Å². The third-order valence-corrected chi connectivity index (χ3v) is 5.12. The van der Waals surface area contributed by atoms with E-state index < -0.39 is 10.0 Å². The minimum absolute atomic E-state index is 0.00616. The van der Waals surface area contributed by atoms with Crippen LogP contribution in [0.5, 0.6) is 0 Å². The molecule has 3 atom stereocenters. The van der Waals surface area contributed by atoms with E-state index in [1.54, 1.807) is 0 Å². The van der Waals surface area contributed by atoms with Crippen LogP contribution >= 0.6 is 0 Å². The van der Waals surface area contributed by atoms with Crippen LogP contribution in [0.2, 0.25) is 0 Å². The Bertz CT molecular complexity index is 420. The molecule has 0 spiro atoms. The molecule has 0 aromatic carbocycles. The number of carbonyl (C=O) groups is 1. The van der Waals surface area contributed by atoms with Gasteiger partial charge in [-0.3, -0.25) is 4.79 Å². The maximum Gasteiger partial charge on any atom is 0.226 e. The molecule has 2 rings (SSSR count). The molecule has 0 radical (unpaired) electrons. The van der Waals surface area contributed by atoms with E-state index in [0.717, 1.165) is 19.3 Å². The SMILES string of the molecule is CC1(C(=O)NCCS(N)(=O)=O)CC2CCC1C2. The second-order valence-electron chi connectivity index (χ2n) is 5.62. The molecule has 2 bridgehead atoms. The second-order valence-corrected chi connectivity index (χ2v) is 7.35. The molecule has 5 nitrogen and oxygen atoms in total. The van der Waals surface area contributed by atoms with Gasteiger partial charge in [0.2, 0.25) is 15.9 Å². The number of rotatable bonds is 4. The topological polar surface area (TPSA) is 89.3 Å². The number of primary sulfonamides is 1. The van der Waals surface area contributed by atoms with Crippen LogP contribution in [0.3, 0.4) is 0 Å². The minimum atomic E-state index is -3.49. The van der Waals surface area contributed by atoms with Gasteiger partial charge >= 0.3 is 0 Å². The Morgan fingerprint density at radius 2 is 2.18 bits per heavy atom. The van der Waals surface area contributed by atoms with Gasteiger partial charge in [0.1, 0.15) is 0 Å². The first-order valence-electron chi connectivity index (χ1n) is 6.10. The van der Waals surface area contributed by atoms with Crippen molar-refractivity contribution in [3.8, 4) is 0 Å². The van der Waals surface area contributed by atoms with Crippen LogP contribution in [-0.4, -0.2) is 26.6 Å². The van der Waals surface area contributed by atoms with Gasteiger partial charge in [-0.05, 0) is 31.1 Å². The molecule has 3 unspecified atom stereocenters. The maximum absolute atomic E-state index is 12.1. The summed E-state index contributed by atoms with van der Waals surface area (Å²) in [6, 6.07) is 0. The first-order chi connectivity index (χ1) is 7.81. The van der Waals surface area contributed by atoms with Crippen molar-refractivity contribution in [1.29, 1.82) is 0 Å². The molecule has 1 amide bonds.